The second-order valence-electron chi connectivity index (χ2n) is 4.45. The van der Waals surface area contributed by atoms with Crippen LogP contribution in [0.4, 0.5) is 0 Å². The summed E-state index contributed by atoms with van der Waals surface area (Å²) in [4.78, 5) is 0.199. The maximum Gasteiger partial charge on any atom is 0.175 e. The van der Waals surface area contributed by atoms with Crippen LogP contribution in [-0.2, 0) is 9.84 Å². The quantitative estimate of drug-likeness (QED) is 0.853. The van der Waals surface area contributed by atoms with Gasteiger partial charge in [0, 0.05) is 6.26 Å². The monoisotopic (exact) mass is 258 g/mol. The molecule has 0 saturated heterocycles. The van der Waals surface area contributed by atoms with Crippen molar-refractivity contribution in [2.45, 2.75) is 36.9 Å². The van der Waals surface area contributed by atoms with Gasteiger partial charge in [0.05, 0.1) is 10.5 Å². The molecule has 0 saturated carbocycles. The van der Waals surface area contributed by atoms with Gasteiger partial charge in [0.25, 0.3) is 0 Å². The molecule has 0 radical (unpaired) electrons. The van der Waals surface area contributed by atoms with Crippen LogP contribution < -0.4 is 0 Å². The van der Waals surface area contributed by atoms with Crippen LogP contribution in [-0.4, -0.2) is 30.5 Å². The number of aliphatic hydroxyl groups excluding tert-OH is 1. The maximum atomic E-state index is 11.3. The van der Waals surface area contributed by atoms with Gasteiger partial charge in [0.15, 0.2) is 9.84 Å². The van der Waals surface area contributed by atoms with E-state index in [0.717, 1.165) is 6.26 Å². The maximum absolute atomic E-state index is 11.3. The predicted molar refractivity (Wildman–Crippen MR) is 65.4 cm³/mol. The molecule has 0 amide bonds. The van der Waals surface area contributed by atoms with Crippen molar-refractivity contribution in [3.8, 4) is 0 Å². The number of benzene rings is 1. The van der Waals surface area contributed by atoms with Crippen LogP contribution in [0.2, 0.25) is 0 Å². The van der Waals surface area contributed by atoms with Crippen LogP contribution in [0, 0.1) is 0 Å². The Morgan fingerprint density at radius 1 is 1.29 bits per heavy atom. The lowest BCUT2D eigenvalue weighted by Gasteiger charge is -2.28. The van der Waals surface area contributed by atoms with Gasteiger partial charge in [-0.05, 0) is 31.0 Å². The topological polar surface area (TPSA) is 74.6 Å². The first kappa shape index (κ1) is 14.2. The SMILES string of the molecule is CC[C@@](C)(O)[C@@H](O)c1ccc(S(C)(=O)=O)cc1. The Morgan fingerprint density at radius 3 is 2.12 bits per heavy atom. The molecule has 1 aromatic carbocycles. The van der Waals surface area contributed by atoms with E-state index in [1.807, 2.05) is 0 Å². The summed E-state index contributed by atoms with van der Waals surface area (Å²) in [7, 11) is -3.23. The van der Waals surface area contributed by atoms with Gasteiger partial charge >= 0.3 is 0 Å². The van der Waals surface area contributed by atoms with Crippen molar-refractivity contribution in [3.05, 3.63) is 29.8 Å². The first-order chi connectivity index (χ1) is 7.68. The molecular formula is C12H18O4S. The van der Waals surface area contributed by atoms with Crippen LogP contribution in [0.1, 0.15) is 31.9 Å². The first-order valence-corrected chi connectivity index (χ1v) is 7.28. The van der Waals surface area contributed by atoms with E-state index >= 15 is 0 Å². The molecule has 1 aromatic rings. The number of rotatable bonds is 4. The van der Waals surface area contributed by atoms with Gasteiger partial charge in [0.1, 0.15) is 6.10 Å². The van der Waals surface area contributed by atoms with Crippen LogP contribution in [0.3, 0.4) is 0 Å². The third kappa shape index (κ3) is 3.28. The average molecular weight is 258 g/mol. The summed E-state index contributed by atoms with van der Waals surface area (Å²) >= 11 is 0. The largest absolute Gasteiger partial charge is 0.387 e. The second kappa shape index (κ2) is 4.76. The van der Waals surface area contributed by atoms with E-state index in [2.05, 4.69) is 0 Å². The molecule has 0 bridgehead atoms. The zero-order valence-corrected chi connectivity index (χ0v) is 11.0. The molecule has 2 N–H and O–H groups in total. The highest BCUT2D eigenvalue weighted by molar-refractivity contribution is 7.90. The number of sulfone groups is 1. The summed E-state index contributed by atoms with van der Waals surface area (Å²) in [5, 5.41) is 19.8. The molecule has 0 heterocycles. The Morgan fingerprint density at radius 2 is 1.76 bits per heavy atom. The summed E-state index contributed by atoms with van der Waals surface area (Å²) < 4.78 is 22.5. The number of hydrogen-bond acceptors (Lipinski definition) is 4. The molecule has 0 aliphatic rings. The Bertz CT molecular complexity index is 474. The van der Waals surface area contributed by atoms with Gasteiger partial charge in [-0.1, -0.05) is 19.1 Å². The minimum atomic E-state index is -3.23. The third-order valence-electron chi connectivity index (χ3n) is 2.93. The molecule has 0 aliphatic carbocycles. The summed E-state index contributed by atoms with van der Waals surface area (Å²) in [6.45, 7) is 3.32. The van der Waals surface area contributed by atoms with E-state index in [-0.39, 0.29) is 4.90 Å². The van der Waals surface area contributed by atoms with Gasteiger partial charge in [-0.2, -0.15) is 0 Å². The van der Waals surface area contributed by atoms with E-state index in [1.165, 1.54) is 24.3 Å². The second-order valence-corrected chi connectivity index (χ2v) is 6.47. The number of hydrogen-bond donors (Lipinski definition) is 2. The zero-order valence-electron chi connectivity index (χ0n) is 10.2. The normalized spacial score (nSPS) is 17.5. The van der Waals surface area contributed by atoms with E-state index in [1.54, 1.807) is 13.8 Å². The Hall–Kier alpha value is -0.910. The molecule has 4 nitrogen and oxygen atoms in total. The minimum Gasteiger partial charge on any atom is -0.387 e. The van der Waals surface area contributed by atoms with Crippen molar-refractivity contribution in [1.82, 2.24) is 0 Å². The van der Waals surface area contributed by atoms with Gasteiger partial charge in [-0.15, -0.1) is 0 Å². The van der Waals surface area contributed by atoms with E-state index < -0.39 is 21.5 Å². The van der Waals surface area contributed by atoms with Crippen LogP contribution in [0.15, 0.2) is 29.2 Å². The molecule has 0 spiro atoms. The fourth-order valence-electron chi connectivity index (χ4n) is 1.45. The van der Waals surface area contributed by atoms with Crippen molar-refractivity contribution in [1.29, 1.82) is 0 Å². The molecular weight excluding hydrogens is 240 g/mol. The van der Waals surface area contributed by atoms with Gasteiger partial charge < -0.3 is 10.2 Å². The molecule has 0 aliphatic heterocycles. The van der Waals surface area contributed by atoms with E-state index in [0.29, 0.717) is 12.0 Å². The molecule has 5 heteroatoms. The molecule has 17 heavy (non-hydrogen) atoms. The van der Waals surface area contributed by atoms with E-state index in [4.69, 9.17) is 0 Å². The summed E-state index contributed by atoms with van der Waals surface area (Å²) in [6.07, 6.45) is 0.504. The predicted octanol–water partition coefficient (Wildman–Crippen LogP) is 1.28. The summed E-state index contributed by atoms with van der Waals surface area (Å²) in [5.41, 5.74) is -0.712. The molecule has 0 aromatic heterocycles. The highest BCUT2D eigenvalue weighted by Gasteiger charge is 2.29. The van der Waals surface area contributed by atoms with Gasteiger partial charge in [-0.25, -0.2) is 8.42 Å². The lowest BCUT2D eigenvalue weighted by Crippen LogP contribution is -2.31. The van der Waals surface area contributed by atoms with Gasteiger partial charge in [0.2, 0.25) is 0 Å². The van der Waals surface area contributed by atoms with Crippen molar-refractivity contribution >= 4 is 9.84 Å². The van der Waals surface area contributed by atoms with E-state index in [9.17, 15) is 18.6 Å². The lowest BCUT2D eigenvalue weighted by atomic mass is 9.91. The first-order valence-electron chi connectivity index (χ1n) is 5.39. The molecule has 0 fully saturated rings. The van der Waals surface area contributed by atoms with Crippen molar-refractivity contribution in [3.63, 3.8) is 0 Å². The molecule has 2 atom stereocenters. The Kier molecular flexibility index (Phi) is 3.96. The average Bonchev–Trinajstić information content (AvgIpc) is 2.27. The highest BCUT2D eigenvalue weighted by atomic mass is 32.2. The Labute approximate surface area is 102 Å². The van der Waals surface area contributed by atoms with Crippen molar-refractivity contribution in [2.24, 2.45) is 0 Å². The van der Waals surface area contributed by atoms with Crippen molar-refractivity contribution < 1.29 is 18.6 Å². The number of aliphatic hydroxyl groups is 2. The summed E-state index contributed by atoms with van der Waals surface area (Å²) in [5.74, 6) is 0. The third-order valence-corrected chi connectivity index (χ3v) is 4.06. The standard InChI is InChI=1S/C12H18O4S/c1-4-12(2,14)11(13)9-5-7-10(8-6-9)17(3,15)16/h5-8,11,13-14H,4H2,1-3H3/t11-,12+/m0/s1. The molecule has 1 rings (SSSR count). The lowest BCUT2D eigenvalue weighted by molar-refractivity contribution is -0.0658. The van der Waals surface area contributed by atoms with Crippen LogP contribution in [0.25, 0.3) is 0 Å². The Balaban J connectivity index is 3.04. The highest BCUT2D eigenvalue weighted by Crippen LogP contribution is 2.28. The summed E-state index contributed by atoms with van der Waals surface area (Å²) in [6, 6.07) is 5.90. The smallest absolute Gasteiger partial charge is 0.175 e. The van der Waals surface area contributed by atoms with Gasteiger partial charge in [-0.3, -0.25) is 0 Å². The zero-order chi connectivity index (χ0) is 13.3. The molecule has 96 valence electrons. The van der Waals surface area contributed by atoms with Crippen LogP contribution in [0.5, 0.6) is 0 Å². The molecule has 0 unspecified atom stereocenters. The minimum absolute atomic E-state index is 0.199. The fraction of sp³-hybridized carbons (Fsp3) is 0.500. The van der Waals surface area contributed by atoms with Crippen LogP contribution >= 0.6 is 0 Å². The fourth-order valence-corrected chi connectivity index (χ4v) is 2.08. The van der Waals surface area contributed by atoms with Crippen molar-refractivity contribution in [2.75, 3.05) is 6.26 Å².